The number of hydrogen-bond acceptors (Lipinski definition) is 3. The van der Waals surface area contributed by atoms with Crippen LogP contribution in [0.2, 0.25) is 0 Å². The minimum atomic E-state index is -1.06. The lowest BCUT2D eigenvalue weighted by atomic mass is 10.1. The molecule has 0 aromatic heterocycles. The van der Waals surface area contributed by atoms with Crippen molar-refractivity contribution in [1.82, 2.24) is 0 Å². The fraction of sp³-hybridized carbons (Fsp3) is 0.562. The first kappa shape index (κ1) is 15.2. The summed E-state index contributed by atoms with van der Waals surface area (Å²) in [5, 5.41) is 0. The third kappa shape index (κ3) is 3.92. The predicted molar refractivity (Wildman–Crippen MR) is 81.9 cm³/mol. The molecule has 0 amide bonds. The van der Waals surface area contributed by atoms with Crippen molar-refractivity contribution in [2.45, 2.75) is 32.6 Å². The highest BCUT2D eigenvalue weighted by molar-refractivity contribution is 7.85. The molecule has 1 aromatic carbocycles. The Labute approximate surface area is 123 Å². The monoisotopic (exact) mass is 294 g/mol. The van der Waals surface area contributed by atoms with E-state index in [0.717, 1.165) is 18.4 Å². The zero-order valence-electron chi connectivity index (χ0n) is 12.2. The average molecular weight is 294 g/mol. The van der Waals surface area contributed by atoms with Crippen molar-refractivity contribution in [3.63, 3.8) is 0 Å². The Morgan fingerprint density at radius 2 is 2.05 bits per heavy atom. The van der Waals surface area contributed by atoms with Crippen molar-refractivity contribution in [2.24, 2.45) is 5.92 Å². The van der Waals surface area contributed by atoms with Gasteiger partial charge in [0.05, 0.1) is 18.4 Å². The lowest BCUT2D eigenvalue weighted by molar-refractivity contribution is 0.101. The number of Topliss-reactive ketones (excluding diaryl/α,β-unsaturated/α-hetero) is 1. The third-order valence-corrected chi connectivity index (χ3v) is 5.27. The van der Waals surface area contributed by atoms with E-state index in [2.05, 4.69) is 0 Å². The van der Waals surface area contributed by atoms with Crippen LogP contribution in [0.3, 0.4) is 0 Å². The molecular formula is C16H22O3S. The Morgan fingerprint density at radius 1 is 1.35 bits per heavy atom. The van der Waals surface area contributed by atoms with Crippen LogP contribution in [0.25, 0.3) is 0 Å². The summed E-state index contributed by atoms with van der Waals surface area (Å²) in [6.45, 7) is 1.95. The van der Waals surface area contributed by atoms with E-state index in [9.17, 15) is 9.00 Å². The number of benzene rings is 1. The SMILES string of the molecule is COc1cc(C)ccc1C(=O)CS(=O)CC1CCCC1. The summed E-state index contributed by atoms with van der Waals surface area (Å²) >= 11 is 0. The molecule has 1 unspecified atom stereocenters. The first-order valence-corrected chi connectivity index (χ1v) is 8.61. The summed E-state index contributed by atoms with van der Waals surface area (Å²) < 4.78 is 17.3. The summed E-state index contributed by atoms with van der Waals surface area (Å²) in [5.74, 6) is 1.81. The van der Waals surface area contributed by atoms with Crippen molar-refractivity contribution >= 4 is 16.6 Å². The van der Waals surface area contributed by atoms with Gasteiger partial charge in [0.1, 0.15) is 5.75 Å². The number of ether oxygens (including phenoxy) is 1. The van der Waals surface area contributed by atoms with Gasteiger partial charge in [-0.2, -0.15) is 0 Å². The molecule has 1 atom stereocenters. The van der Waals surface area contributed by atoms with Crippen molar-refractivity contribution in [3.05, 3.63) is 29.3 Å². The normalized spacial score (nSPS) is 17.1. The van der Waals surface area contributed by atoms with Gasteiger partial charge in [0.15, 0.2) is 5.78 Å². The zero-order chi connectivity index (χ0) is 14.5. The van der Waals surface area contributed by atoms with Crippen molar-refractivity contribution < 1.29 is 13.7 Å². The second-order valence-corrected chi connectivity index (χ2v) is 7.03. The molecule has 4 heteroatoms. The van der Waals surface area contributed by atoms with E-state index < -0.39 is 10.8 Å². The number of rotatable bonds is 6. The minimum Gasteiger partial charge on any atom is -0.496 e. The predicted octanol–water partition coefficient (Wildman–Crippen LogP) is 3.13. The summed E-state index contributed by atoms with van der Waals surface area (Å²) in [7, 11) is 0.495. The van der Waals surface area contributed by atoms with Crippen LogP contribution in [-0.4, -0.2) is 28.6 Å². The van der Waals surface area contributed by atoms with Gasteiger partial charge < -0.3 is 4.74 Å². The minimum absolute atomic E-state index is 0.0850. The molecule has 2 rings (SSSR count). The molecule has 0 bridgehead atoms. The Morgan fingerprint density at radius 3 is 2.70 bits per heavy atom. The molecule has 1 aromatic rings. The lowest BCUT2D eigenvalue weighted by Crippen LogP contribution is -2.17. The number of carbonyl (C=O) groups excluding carboxylic acids is 1. The number of aryl methyl sites for hydroxylation is 1. The van der Waals surface area contributed by atoms with Gasteiger partial charge in [-0.1, -0.05) is 18.9 Å². The molecule has 1 saturated carbocycles. The first-order valence-electron chi connectivity index (χ1n) is 7.13. The van der Waals surface area contributed by atoms with Crippen LogP contribution in [0.15, 0.2) is 18.2 Å². The van der Waals surface area contributed by atoms with E-state index in [1.807, 2.05) is 19.1 Å². The number of hydrogen-bond donors (Lipinski definition) is 0. The van der Waals surface area contributed by atoms with Crippen LogP contribution in [0.5, 0.6) is 5.75 Å². The molecule has 1 fully saturated rings. The molecule has 1 aliphatic rings. The highest BCUT2D eigenvalue weighted by atomic mass is 32.2. The largest absolute Gasteiger partial charge is 0.496 e. The second kappa shape index (κ2) is 7.02. The van der Waals surface area contributed by atoms with Gasteiger partial charge in [0, 0.05) is 16.6 Å². The van der Waals surface area contributed by atoms with Crippen molar-refractivity contribution in [3.8, 4) is 5.75 Å². The molecule has 110 valence electrons. The maximum atomic E-state index is 12.2. The number of ketones is 1. The Kier molecular flexibility index (Phi) is 5.35. The Balaban J connectivity index is 1.98. The van der Waals surface area contributed by atoms with E-state index in [-0.39, 0.29) is 11.5 Å². The number of carbonyl (C=O) groups is 1. The molecule has 1 aliphatic carbocycles. The second-order valence-electron chi connectivity index (χ2n) is 5.53. The van der Waals surface area contributed by atoms with Crippen LogP contribution in [0.1, 0.15) is 41.6 Å². The van der Waals surface area contributed by atoms with Gasteiger partial charge in [-0.3, -0.25) is 9.00 Å². The maximum absolute atomic E-state index is 12.2. The van der Waals surface area contributed by atoms with E-state index in [1.54, 1.807) is 13.2 Å². The lowest BCUT2D eigenvalue weighted by Gasteiger charge is -2.10. The van der Waals surface area contributed by atoms with Crippen LogP contribution in [0.4, 0.5) is 0 Å². The smallest absolute Gasteiger partial charge is 0.179 e. The van der Waals surface area contributed by atoms with Crippen LogP contribution in [0, 0.1) is 12.8 Å². The summed E-state index contributed by atoms with van der Waals surface area (Å²) in [4.78, 5) is 12.2. The Hall–Kier alpha value is -1.16. The molecule has 0 radical (unpaired) electrons. The summed E-state index contributed by atoms with van der Waals surface area (Å²) in [6, 6.07) is 5.49. The molecule has 3 nitrogen and oxygen atoms in total. The topological polar surface area (TPSA) is 43.4 Å². The zero-order valence-corrected chi connectivity index (χ0v) is 13.0. The van der Waals surface area contributed by atoms with Crippen LogP contribution < -0.4 is 4.74 Å². The first-order chi connectivity index (χ1) is 9.60. The average Bonchev–Trinajstić information content (AvgIpc) is 2.90. The molecule has 20 heavy (non-hydrogen) atoms. The van der Waals surface area contributed by atoms with Crippen LogP contribution >= 0.6 is 0 Å². The fourth-order valence-corrected chi connectivity index (χ4v) is 4.18. The molecule has 0 spiro atoms. The third-order valence-electron chi connectivity index (χ3n) is 3.85. The van der Waals surface area contributed by atoms with Gasteiger partial charge >= 0.3 is 0 Å². The van der Waals surface area contributed by atoms with Gasteiger partial charge in [-0.25, -0.2) is 0 Å². The quantitative estimate of drug-likeness (QED) is 0.757. The maximum Gasteiger partial charge on any atom is 0.179 e. The van der Waals surface area contributed by atoms with Gasteiger partial charge in [-0.15, -0.1) is 0 Å². The number of methoxy groups -OCH3 is 1. The van der Waals surface area contributed by atoms with E-state index >= 15 is 0 Å². The molecule has 0 saturated heterocycles. The van der Waals surface area contributed by atoms with Crippen molar-refractivity contribution in [1.29, 1.82) is 0 Å². The van der Waals surface area contributed by atoms with Crippen LogP contribution in [-0.2, 0) is 10.8 Å². The molecule has 0 N–H and O–H groups in total. The highest BCUT2D eigenvalue weighted by Crippen LogP contribution is 2.26. The van der Waals surface area contributed by atoms with Gasteiger partial charge in [0.2, 0.25) is 0 Å². The highest BCUT2D eigenvalue weighted by Gasteiger charge is 2.20. The Bertz CT molecular complexity index is 504. The molecule has 0 heterocycles. The summed E-state index contributed by atoms with van der Waals surface area (Å²) in [6.07, 6.45) is 4.80. The van der Waals surface area contributed by atoms with Gasteiger partial charge in [0.25, 0.3) is 0 Å². The molecular weight excluding hydrogens is 272 g/mol. The molecule has 0 aliphatic heterocycles. The van der Waals surface area contributed by atoms with E-state index in [1.165, 1.54) is 12.8 Å². The summed E-state index contributed by atoms with van der Waals surface area (Å²) in [5.41, 5.74) is 1.59. The standard InChI is InChI=1S/C16H22O3S/c1-12-7-8-14(16(9-12)19-2)15(17)11-20(18)10-13-5-3-4-6-13/h7-9,13H,3-6,10-11H2,1-2H3. The van der Waals surface area contributed by atoms with Gasteiger partial charge in [-0.05, 0) is 43.4 Å². The van der Waals surface area contributed by atoms with E-state index in [0.29, 0.717) is 23.0 Å². The van der Waals surface area contributed by atoms with Crippen molar-refractivity contribution in [2.75, 3.05) is 18.6 Å². The van der Waals surface area contributed by atoms with E-state index in [4.69, 9.17) is 4.74 Å². The fourth-order valence-electron chi connectivity index (χ4n) is 2.75.